The second kappa shape index (κ2) is 8.84. The van der Waals surface area contributed by atoms with E-state index in [4.69, 9.17) is 4.74 Å². The summed E-state index contributed by atoms with van der Waals surface area (Å²) in [6.45, 7) is 2.32. The molecule has 1 atom stereocenters. The van der Waals surface area contributed by atoms with Crippen LogP contribution >= 0.6 is 24.2 Å². The van der Waals surface area contributed by atoms with Crippen LogP contribution in [0.3, 0.4) is 0 Å². The van der Waals surface area contributed by atoms with Crippen molar-refractivity contribution in [3.05, 3.63) is 54.2 Å². The molecule has 0 aliphatic heterocycles. The zero-order valence-corrected chi connectivity index (χ0v) is 12.9. The van der Waals surface area contributed by atoms with Crippen LogP contribution in [0.1, 0.15) is 5.56 Å². The largest absolute Gasteiger partial charge is 0.491 e. The van der Waals surface area contributed by atoms with Crippen molar-refractivity contribution >= 4 is 24.2 Å². The predicted molar refractivity (Wildman–Crippen MR) is 84.9 cm³/mol. The molecular formula is C15H18ClNO2S. The Balaban J connectivity index is 0.00000200. The van der Waals surface area contributed by atoms with Crippen molar-refractivity contribution in [2.24, 2.45) is 0 Å². The van der Waals surface area contributed by atoms with Gasteiger partial charge < -0.3 is 9.84 Å². The summed E-state index contributed by atoms with van der Waals surface area (Å²) >= 11 is 1.53. The second-order valence-electron chi connectivity index (χ2n) is 4.26. The lowest BCUT2D eigenvalue weighted by molar-refractivity contribution is 0.126. The number of pyridine rings is 1. The first-order chi connectivity index (χ1) is 9.24. The molecule has 0 amide bonds. The van der Waals surface area contributed by atoms with Crippen LogP contribution in [0.2, 0.25) is 0 Å². The molecule has 108 valence electrons. The highest BCUT2D eigenvalue weighted by Crippen LogP contribution is 2.16. The number of thioether (sulfide) groups is 1. The van der Waals surface area contributed by atoms with Gasteiger partial charge in [0.15, 0.2) is 0 Å². The summed E-state index contributed by atoms with van der Waals surface area (Å²) < 4.78 is 5.53. The van der Waals surface area contributed by atoms with Crippen molar-refractivity contribution in [2.75, 3.05) is 12.4 Å². The molecule has 0 aliphatic rings. The maximum Gasteiger partial charge on any atom is 0.119 e. The van der Waals surface area contributed by atoms with E-state index in [1.807, 2.05) is 49.4 Å². The number of nitrogens with zero attached hydrogens (tertiary/aromatic N) is 1. The maximum atomic E-state index is 9.85. The van der Waals surface area contributed by atoms with Gasteiger partial charge in [0, 0.05) is 11.9 Å². The minimum absolute atomic E-state index is 0. The molecule has 5 heteroatoms. The summed E-state index contributed by atoms with van der Waals surface area (Å²) in [6, 6.07) is 13.5. The van der Waals surface area contributed by atoms with E-state index in [0.717, 1.165) is 10.8 Å². The number of ether oxygens (including phenoxy) is 1. The lowest BCUT2D eigenvalue weighted by Gasteiger charge is -2.12. The molecule has 1 N–H and O–H groups in total. The molecule has 1 unspecified atom stereocenters. The van der Waals surface area contributed by atoms with Crippen molar-refractivity contribution in [1.82, 2.24) is 4.98 Å². The van der Waals surface area contributed by atoms with Gasteiger partial charge in [-0.2, -0.15) is 0 Å². The monoisotopic (exact) mass is 311 g/mol. The molecule has 0 spiro atoms. The Labute approximate surface area is 129 Å². The van der Waals surface area contributed by atoms with Crippen LogP contribution in [0, 0.1) is 6.92 Å². The molecule has 0 saturated heterocycles. The van der Waals surface area contributed by atoms with Gasteiger partial charge in [-0.25, -0.2) is 4.98 Å². The topological polar surface area (TPSA) is 42.4 Å². The summed E-state index contributed by atoms with van der Waals surface area (Å²) in [6.07, 6.45) is 1.24. The fraction of sp³-hybridized carbons (Fsp3) is 0.267. The average Bonchev–Trinajstić information content (AvgIpc) is 2.45. The average molecular weight is 312 g/mol. The van der Waals surface area contributed by atoms with Gasteiger partial charge in [-0.05, 0) is 31.2 Å². The van der Waals surface area contributed by atoms with Gasteiger partial charge in [-0.3, -0.25) is 0 Å². The van der Waals surface area contributed by atoms with Gasteiger partial charge in [-0.15, -0.1) is 24.2 Å². The lowest BCUT2D eigenvalue weighted by atomic mass is 10.2. The minimum Gasteiger partial charge on any atom is -0.491 e. The smallest absolute Gasteiger partial charge is 0.119 e. The molecular weight excluding hydrogens is 294 g/mol. The fourth-order valence-corrected chi connectivity index (χ4v) is 2.26. The standard InChI is InChI=1S/C15H17NO2S.ClH/c1-12-5-7-14(8-6-12)18-10-13(17)11-19-15-4-2-3-9-16-15;/h2-9,13,17H,10-11H2,1H3;1H. The van der Waals surface area contributed by atoms with Crippen molar-refractivity contribution in [2.45, 2.75) is 18.1 Å². The van der Waals surface area contributed by atoms with E-state index in [2.05, 4.69) is 4.98 Å². The number of rotatable bonds is 6. The van der Waals surface area contributed by atoms with Crippen molar-refractivity contribution in [1.29, 1.82) is 0 Å². The van der Waals surface area contributed by atoms with Crippen LogP contribution < -0.4 is 4.74 Å². The highest BCUT2D eigenvalue weighted by molar-refractivity contribution is 7.99. The van der Waals surface area contributed by atoms with Crippen LogP contribution in [0.4, 0.5) is 0 Å². The first-order valence-electron chi connectivity index (χ1n) is 6.15. The number of aliphatic hydroxyl groups is 1. The van der Waals surface area contributed by atoms with E-state index in [9.17, 15) is 5.11 Å². The molecule has 1 heterocycles. The minimum atomic E-state index is -0.506. The molecule has 0 saturated carbocycles. The van der Waals surface area contributed by atoms with E-state index in [1.165, 1.54) is 17.3 Å². The molecule has 2 rings (SSSR count). The zero-order chi connectivity index (χ0) is 13.5. The first-order valence-corrected chi connectivity index (χ1v) is 7.14. The number of aromatic nitrogens is 1. The highest BCUT2D eigenvalue weighted by Gasteiger charge is 2.06. The van der Waals surface area contributed by atoms with Crippen molar-refractivity contribution < 1.29 is 9.84 Å². The quantitative estimate of drug-likeness (QED) is 0.831. The zero-order valence-electron chi connectivity index (χ0n) is 11.2. The van der Waals surface area contributed by atoms with E-state index in [1.54, 1.807) is 6.20 Å². The second-order valence-corrected chi connectivity index (χ2v) is 5.30. The Bertz CT molecular complexity index is 493. The molecule has 0 bridgehead atoms. The Kier molecular flexibility index (Phi) is 7.44. The molecule has 0 fully saturated rings. The Morgan fingerprint density at radius 1 is 1.20 bits per heavy atom. The molecule has 20 heavy (non-hydrogen) atoms. The number of hydrogen-bond donors (Lipinski definition) is 1. The molecule has 0 aliphatic carbocycles. The van der Waals surface area contributed by atoms with Gasteiger partial charge in [-0.1, -0.05) is 23.8 Å². The fourth-order valence-electron chi connectivity index (χ4n) is 1.49. The number of hydrogen-bond acceptors (Lipinski definition) is 4. The summed E-state index contributed by atoms with van der Waals surface area (Å²) in [7, 11) is 0. The third-order valence-electron chi connectivity index (χ3n) is 2.52. The van der Waals surface area contributed by atoms with E-state index in [-0.39, 0.29) is 12.4 Å². The molecule has 1 aromatic carbocycles. The molecule has 0 radical (unpaired) electrons. The molecule has 3 nitrogen and oxygen atoms in total. The Morgan fingerprint density at radius 3 is 2.60 bits per heavy atom. The van der Waals surface area contributed by atoms with E-state index in [0.29, 0.717) is 12.4 Å². The van der Waals surface area contributed by atoms with Crippen molar-refractivity contribution in [3.63, 3.8) is 0 Å². The number of aryl methyl sites for hydroxylation is 1. The number of benzene rings is 1. The van der Waals surface area contributed by atoms with Crippen LogP contribution in [0.5, 0.6) is 5.75 Å². The summed E-state index contributed by atoms with van der Waals surface area (Å²) in [5, 5.41) is 10.8. The van der Waals surface area contributed by atoms with Crippen LogP contribution in [-0.4, -0.2) is 28.6 Å². The lowest BCUT2D eigenvalue weighted by Crippen LogP contribution is -2.20. The van der Waals surface area contributed by atoms with Crippen molar-refractivity contribution in [3.8, 4) is 5.75 Å². The van der Waals surface area contributed by atoms with Gasteiger partial charge in [0.2, 0.25) is 0 Å². The maximum absolute atomic E-state index is 9.85. The summed E-state index contributed by atoms with van der Waals surface area (Å²) in [4.78, 5) is 4.19. The van der Waals surface area contributed by atoms with Crippen LogP contribution in [0.15, 0.2) is 53.7 Å². The summed E-state index contributed by atoms with van der Waals surface area (Å²) in [5.74, 6) is 1.36. The number of aliphatic hydroxyl groups excluding tert-OH is 1. The van der Waals surface area contributed by atoms with Crippen LogP contribution in [-0.2, 0) is 0 Å². The predicted octanol–water partition coefficient (Wildman–Crippen LogP) is 3.34. The highest BCUT2D eigenvalue weighted by atomic mass is 35.5. The first kappa shape index (κ1) is 16.8. The Morgan fingerprint density at radius 2 is 1.95 bits per heavy atom. The van der Waals surface area contributed by atoms with Gasteiger partial charge >= 0.3 is 0 Å². The summed E-state index contributed by atoms with van der Waals surface area (Å²) in [5.41, 5.74) is 1.19. The van der Waals surface area contributed by atoms with Gasteiger partial charge in [0.25, 0.3) is 0 Å². The normalized spacial score (nSPS) is 11.5. The van der Waals surface area contributed by atoms with Crippen LogP contribution in [0.25, 0.3) is 0 Å². The third kappa shape index (κ3) is 5.82. The molecule has 2 aromatic rings. The SMILES string of the molecule is Cc1ccc(OCC(O)CSc2ccccn2)cc1.Cl. The van der Waals surface area contributed by atoms with Gasteiger partial charge in [0.05, 0.1) is 11.1 Å². The Hall–Kier alpha value is -1.23. The van der Waals surface area contributed by atoms with E-state index >= 15 is 0 Å². The number of halogens is 1. The van der Waals surface area contributed by atoms with E-state index < -0.39 is 6.10 Å². The van der Waals surface area contributed by atoms with Gasteiger partial charge in [0.1, 0.15) is 12.4 Å². The third-order valence-corrected chi connectivity index (χ3v) is 3.61. The molecule has 1 aromatic heterocycles.